The fourth-order valence-electron chi connectivity index (χ4n) is 9.90. The monoisotopic (exact) mass is 1270 g/mol. The van der Waals surface area contributed by atoms with Crippen molar-refractivity contribution in [2.45, 2.75) is 126 Å². The lowest BCUT2D eigenvalue weighted by Gasteiger charge is -2.16. The molecule has 4 N–H and O–H groups in total. The van der Waals surface area contributed by atoms with E-state index in [-0.39, 0.29) is 52.1 Å². The SMILES string of the molecule is CCCCCCCCCCCCOc1ccc(C)cc1NC(=O)c1cc(Oc2ccc(CSc3nnnn3CC(=O)OCCC)cc2[N+](=O)[O-])c2ccccc2c1O.Cc1ccccc1NC(=O)c1cc(Sc2nnnn2-c2ccccc2)c2ccccc2c1O. The number of rotatable bonds is 29. The fourth-order valence-corrected chi connectivity index (χ4v) is 11.7. The van der Waals surface area contributed by atoms with Crippen molar-refractivity contribution in [2.24, 2.45) is 0 Å². The maximum Gasteiger partial charge on any atom is 0.327 e. The van der Waals surface area contributed by atoms with E-state index >= 15 is 0 Å². The number of hydrogen-bond acceptors (Lipinski definition) is 18. The molecular weight excluding hydrogens is 1190 g/mol. The van der Waals surface area contributed by atoms with Crippen molar-refractivity contribution in [2.75, 3.05) is 23.8 Å². The van der Waals surface area contributed by atoms with Crippen LogP contribution in [0.1, 0.15) is 122 Å². The zero-order chi connectivity index (χ0) is 64.1. The molecule has 470 valence electrons. The molecule has 0 fully saturated rings. The summed E-state index contributed by atoms with van der Waals surface area (Å²) in [6.07, 6.45) is 12.8. The van der Waals surface area contributed by atoms with E-state index in [1.165, 1.54) is 91.4 Å². The van der Waals surface area contributed by atoms with Crippen molar-refractivity contribution >= 4 is 79.9 Å². The number of aryl methyl sites for hydroxylation is 2. The number of phenolic OH excluding ortho intramolecular Hbond substituents is 2. The Kier molecular flexibility index (Phi) is 23.5. The number of thioether (sulfide) groups is 1. The number of para-hydroxylation sites is 2. The molecule has 0 aliphatic carbocycles. The summed E-state index contributed by atoms with van der Waals surface area (Å²) in [6, 6.07) is 44.4. The number of benzene rings is 8. The zero-order valence-electron chi connectivity index (χ0n) is 51.0. The lowest BCUT2D eigenvalue weighted by atomic mass is 10.0. The number of esters is 1. The van der Waals surface area contributed by atoms with Crippen LogP contribution in [0.25, 0.3) is 27.2 Å². The maximum absolute atomic E-state index is 13.9. The average molecular weight is 1270 g/mol. The van der Waals surface area contributed by atoms with Crippen molar-refractivity contribution in [3.8, 4) is 34.4 Å². The smallest absolute Gasteiger partial charge is 0.327 e. The van der Waals surface area contributed by atoms with E-state index in [1.54, 1.807) is 47.1 Å². The quantitative estimate of drug-likeness (QED) is 0.0111. The number of hydrogen-bond donors (Lipinski definition) is 4. The number of unbranched alkanes of at least 4 members (excludes halogenated alkanes) is 9. The van der Waals surface area contributed by atoms with Gasteiger partial charge in [0.15, 0.2) is 0 Å². The second-order valence-corrected chi connectivity index (χ2v) is 23.4. The highest BCUT2D eigenvalue weighted by Gasteiger charge is 2.25. The van der Waals surface area contributed by atoms with E-state index in [0.717, 1.165) is 46.4 Å². The molecule has 0 atom stereocenters. The van der Waals surface area contributed by atoms with Crippen molar-refractivity contribution < 1.29 is 43.7 Å². The van der Waals surface area contributed by atoms with Gasteiger partial charge in [0.2, 0.25) is 16.1 Å². The lowest BCUT2D eigenvalue weighted by molar-refractivity contribution is -0.385. The molecule has 0 spiro atoms. The van der Waals surface area contributed by atoms with Gasteiger partial charge in [-0.05, 0) is 130 Å². The van der Waals surface area contributed by atoms with Crippen LogP contribution < -0.4 is 20.1 Å². The Labute approximate surface area is 535 Å². The largest absolute Gasteiger partial charge is 0.506 e. The average Bonchev–Trinajstić information content (AvgIpc) is 1.47. The Hall–Kier alpha value is -9.87. The molecule has 0 aliphatic rings. The first-order valence-corrected chi connectivity index (χ1v) is 32.0. The number of aromatic hydroxyl groups is 2. The van der Waals surface area contributed by atoms with Crippen molar-refractivity contribution in [3.63, 3.8) is 0 Å². The fraction of sp³-hybridized carbons (Fsp3) is 0.279. The molecule has 2 heterocycles. The maximum atomic E-state index is 13.9. The molecule has 23 heteroatoms. The van der Waals surface area contributed by atoms with Gasteiger partial charge < -0.3 is 35.1 Å². The predicted octanol–water partition coefficient (Wildman–Crippen LogP) is 15.6. The topological polar surface area (TPSA) is 274 Å². The van der Waals surface area contributed by atoms with Crippen LogP contribution in [0.15, 0.2) is 167 Å². The Balaban J connectivity index is 0.000000249. The number of nitrogens with one attached hydrogen (secondary N) is 2. The predicted molar refractivity (Wildman–Crippen MR) is 352 cm³/mol. The van der Waals surface area contributed by atoms with Crippen molar-refractivity contribution in [1.29, 1.82) is 0 Å². The van der Waals surface area contributed by atoms with Gasteiger partial charge in [0.1, 0.15) is 29.5 Å². The Morgan fingerprint density at radius 3 is 1.90 bits per heavy atom. The lowest BCUT2D eigenvalue weighted by Crippen LogP contribution is -2.16. The van der Waals surface area contributed by atoms with Crippen LogP contribution in [0.4, 0.5) is 17.1 Å². The van der Waals surface area contributed by atoms with Crippen LogP contribution >= 0.6 is 23.5 Å². The number of aromatic nitrogens is 8. The number of tetrazole rings is 2. The van der Waals surface area contributed by atoms with Gasteiger partial charge in [0.05, 0.1) is 40.6 Å². The first-order valence-electron chi connectivity index (χ1n) is 30.2. The van der Waals surface area contributed by atoms with Crippen molar-refractivity contribution in [1.82, 2.24) is 40.4 Å². The number of nitro groups is 1. The Morgan fingerprint density at radius 2 is 1.20 bits per heavy atom. The van der Waals surface area contributed by atoms with Gasteiger partial charge in [-0.3, -0.25) is 24.5 Å². The number of carbonyl (C=O) groups excluding carboxylic acids is 3. The molecule has 0 unspecified atom stereocenters. The summed E-state index contributed by atoms with van der Waals surface area (Å²) in [7, 11) is 0. The van der Waals surface area contributed by atoms with Crippen LogP contribution in [0, 0.1) is 24.0 Å². The number of carbonyl (C=O) groups is 3. The Morgan fingerprint density at radius 1 is 0.593 bits per heavy atom. The molecule has 0 radical (unpaired) electrons. The van der Waals surface area contributed by atoms with Gasteiger partial charge in [-0.25, -0.2) is 4.68 Å². The van der Waals surface area contributed by atoms with E-state index < -0.39 is 22.7 Å². The molecule has 0 saturated carbocycles. The van der Waals surface area contributed by atoms with Crippen LogP contribution in [-0.2, 0) is 21.8 Å². The van der Waals surface area contributed by atoms with Crippen LogP contribution in [-0.4, -0.2) is 86.5 Å². The molecule has 2 aromatic heterocycles. The van der Waals surface area contributed by atoms with Gasteiger partial charge in [-0.1, -0.05) is 180 Å². The first-order chi connectivity index (χ1) is 44.3. The van der Waals surface area contributed by atoms with Crippen molar-refractivity contribution in [3.05, 3.63) is 190 Å². The highest BCUT2D eigenvalue weighted by atomic mass is 32.2. The van der Waals surface area contributed by atoms with Gasteiger partial charge in [-0.2, -0.15) is 4.68 Å². The molecule has 10 rings (SSSR count). The second-order valence-electron chi connectivity index (χ2n) is 21.5. The summed E-state index contributed by atoms with van der Waals surface area (Å²) in [6.45, 7) is 8.58. The highest BCUT2D eigenvalue weighted by Crippen LogP contribution is 2.43. The summed E-state index contributed by atoms with van der Waals surface area (Å²) in [5.41, 5.74) is 4.18. The molecule has 2 amide bonds. The second kappa shape index (κ2) is 32.6. The van der Waals surface area contributed by atoms with E-state index in [9.17, 15) is 34.7 Å². The van der Waals surface area contributed by atoms with Gasteiger partial charge >= 0.3 is 11.7 Å². The standard InChI is InChI=1S/C43H52N6O8S.C25H19N5O2S/c1-4-6-7-8-9-10-11-12-13-16-24-55-37-21-19-30(3)25-35(37)44-42(52)34-27-39(32-17-14-15-18-33(32)41(34)51)57-38-22-20-31(26-36(38)49(53)54)29-58-43-45-46-47-48(43)28-40(50)56-23-5-2;1-16-9-5-8-14-21(16)26-24(32)20-15-22(18-12-6-7-13-19(18)23(20)31)33-25-27-28-29-30(25)17-10-3-2-4-11-17/h14-15,17-22,25-27,51H,4-13,16,23-24,28-29H2,1-3H3,(H,44,52);2-15,31H,1H3,(H,26,32). The number of nitrogens with zero attached hydrogens (tertiary/aromatic N) is 9. The highest BCUT2D eigenvalue weighted by molar-refractivity contribution is 7.99. The minimum atomic E-state index is -0.606. The van der Waals surface area contributed by atoms with Crippen LogP contribution in [0.3, 0.4) is 0 Å². The normalized spacial score (nSPS) is 11.0. The molecular formula is C68H71N11O10S2. The minimum Gasteiger partial charge on any atom is -0.506 e. The zero-order valence-corrected chi connectivity index (χ0v) is 52.7. The summed E-state index contributed by atoms with van der Waals surface area (Å²) in [4.78, 5) is 51.7. The summed E-state index contributed by atoms with van der Waals surface area (Å²) in [5.74, 6) is -0.951. The van der Waals surface area contributed by atoms with Gasteiger partial charge in [-0.15, -0.1) is 10.2 Å². The number of ether oxygens (including phenoxy) is 3. The summed E-state index contributed by atoms with van der Waals surface area (Å²) < 4.78 is 20.4. The third-order valence-corrected chi connectivity index (χ3v) is 16.7. The third kappa shape index (κ3) is 17.5. The number of nitro benzene ring substituents is 1. The molecule has 0 saturated heterocycles. The molecule has 8 aromatic carbocycles. The van der Waals surface area contributed by atoms with E-state index in [0.29, 0.717) is 68.8 Å². The molecule has 91 heavy (non-hydrogen) atoms. The number of fused-ring (bicyclic) bond motifs is 2. The molecule has 10 aromatic rings. The third-order valence-electron chi connectivity index (χ3n) is 14.7. The number of anilines is 2. The van der Waals surface area contributed by atoms with Crippen LogP contribution in [0.5, 0.6) is 28.7 Å². The number of amides is 2. The van der Waals surface area contributed by atoms with E-state index in [1.807, 2.05) is 112 Å². The first kappa shape index (κ1) is 65.6. The van der Waals surface area contributed by atoms with Gasteiger partial charge in [0, 0.05) is 38.6 Å². The van der Waals surface area contributed by atoms with Crippen LogP contribution in [0.2, 0.25) is 0 Å². The van der Waals surface area contributed by atoms with E-state index in [2.05, 4.69) is 48.6 Å². The summed E-state index contributed by atoms with van der Waals surface area (Å²) >= 11 is 2.53. The van der Waals surface area contributed by atoms with Gasteiger partial charge in [0.25, 0.3) is 11.8 Å². The minimum absolute atomic E-state index is 0.0641. The van der Waals surface area contributed by atoms with E-state index in [4.69, 9.17) is 14.2 Å². The Bertz CT molecular complexity index is 4150. The molecule has 21 nitrogen and oxygen atoms in total. The molecule has 0 bridgehead atoms. The molecule has 0 aliphatic heterocycles. The number of phenols is 2. The summed E-state index contributed by atoms with van der Waals surface area (Å²) in [5, 5.41) is 67.0.